The third-order valence-corrected chi connectivity index (χ3v) is 3.88. The normalized spacial score (nSPS) is 31.6. The summed E-state index contributed by atoms with van der Waals surface area (Å²) >= 11 is 0. The maximum absolute atomic E-state index is 12.4. The number of carboxylic acid groups (broad SMARTS) is 1. The molecular formula is C12H20N2O5. The van der Waals surface area contributed by atoms with Crippen LogP contribution in [0.25, 0.3) is 0 Å². The molecule has 0 aliphatic carbocycles. The lowest BCUT2D eigenvalue weighted by Crippen LogP contribution is -2.54. The minimum absolute atomic E-state index is 0.0462. The van der Waals surface area contributed by atoms with E-state index in [4.69, 9.17) is 9.84 Å². The number of carboxylic acids is 1. The fourth-order valence-electron chi connectivity index (χ4n) is 2.68. The molecule has 2 saturated heterocycles. The first-order valence-electron chi connectivity index (χ1n) is 6.51. The Labute approximate surface area is 111 Å². The zero-order valence-corrected chi connectivity index (χ0v) is 11.0. The number of hydrogen-bond acceptors (Lipinski definition) is 4. The third kappa shape index (κ3) is 2.82. The second kappa shape index (κ2) is 5.75. The van der Waals surface area contributed by atoms with Crippen LogP contribution in [0, 0.1) is 11.8 Å². The summed E-state index contributed by atoms with van der Waals surface area (Å²) in [6, 6.07) is -0.529. The van der Waals surface area contributed by atoms with Gasteiger partial charge in [0.15, 0.2) is 0 Å². The molecule has 7 heteroatoms. The van der Waals surface area contributed by atoms with Gasteiger partial charge in [0, 0.05) is 19.6 Å². The van der Waals surface area contributed by atoms with Crippen LogP contribution < -0.4 is 0 Å². The number of amides is 2. The summed E-state index contributed by atoms with van der Waals surface area (Å²) in [5.41, 5.74) is 0. The maximum atomic E-state index is 12.4. The summed E-state index contributed by atoms with van der Waals surface area (Å²) in [5.74, 6) is -1.41. The first kappa shape index (κ1) is 14.1. The van der Waals surface area contributed by atoms with Crippen LogP contribution in [0.2, 0.25) is 0 Å². The minimum Gasteiger partial charge on any atom is -0.481 e. The maximum Gasteiger partial charge on any atom is 0.320 e. The Balaban J connectivity index is 2.02. The van der Waals surface area contributed by atoms with Crippen LogP contribution in [0.1, 0.15) is 6.92 Å². The molecule has 2 rings (SSSR count). The number of carbonyl (C=O) groups is 2. The number of aliphatic carboxylic acids is 1. The van der Waals surface area contributed by atoms with E-state index in [9.17, 15) is 14.7 Å². The summed E-state index contributed by atoms with van der Waals surface area (Å²) in [5, 5.41) is 18.3. The molecule has 2 N–H and O–H groups in total. The molecule has 0 saturated carbocycles. The molecule has 2 heterocycles. The number of nitrogens with zero attached hydrogens (tertiary/aromatic N) is 2. The second-order valence-corrected chi connectivity index (χ2v) is 5.21. The number of aliphatic hydroxyl groups is 1. The van der Waals surface area contributed by atoms with Crippen molar-refractivity contribution < 1.29 is 24.5 Å². The van der Waals surface area contributed by atoms with Gasteiger partial charge in [0.05, 0.1) is 31.8 Å². The molecule has 3 atom stereocenters. The van der Waals surface area contributed by atoms with Crippen LogP contribution >= 0.6 is 0 Å². The van der Waals surface area contributed by atoms with E-state index in [0.29, 0.717) is 26.3 Å². The molecule has 0 aromatic heterocycles. The van der Waals surface area contributed by atoms with Gasteiger partial charge in [-0.3, -0.25) is 4.79 Å². The zero-order chi connectivity index (χ0) is 14.0. The predicted molar refractivity (Wildman–Crippen MR) is 65.7 cm³/mol. The highest BCUT2D eigenvalue weighted by atomic mass is 16.5. The number of rotatable bonds is 2. The Morgan fingerprint density at radius 2 is 2.11 bits per heavy atom. The summed E-state index contributed by atoms with van der Waals surface area (Å²) in [7, 11) is 0. The Hall–Kier alpha value is -1.34. The van der Waals surface area contributed by atoms with Gasteiger partial charge in [0.2, 0.25) is 0 Å². The van der Waals surface area contributed by atoms with Crippen LogP contribution in [0.3, 0.4) is 0 Å². The van der Waals surface area contributed by atoms with Crippen molar-refractivity contribution in [3.8, 4) is 0 Å². The van der Waals surface area contributed by atoms with Crippen LogP contribution in [0.4, 0.5) is 4.79 Å². The van der Waals surface area contributed by atoms with Gasteiger partial charge in [-0.25, -0.2) is 4.79 Å². The van der Waals surface area contributed by atoms with Crippen molar-refractivity contribution in [3.05, 3.63) is 0 Å². The van der Waals surface area contributed by atoms with Crippen molar-refractivity contribution in [2.45, 2.75) is 13.0 Å². The lowest BCUT2D eigenvalue weighted by atomic mass is 9.99. The molecule has 108 valence electrons. The first-order chi connectivity index (χ1) is 9.04. The van der Waals surface area contributed by atoms with Crippen molar-refractivity contribution in [3.63, 3.8) is 0 Å². The third-order valence-electron chi connectivity index (χ3n) is 3.88. The van der Waals surface area contributed by atoms with Gasteiger partial charge >= 0.3 is 12.0 Å². The van der Waals surface area contributed by atoms with E-state index in [1.54, 1.807) is 9.80 Å². The highest BCUT2D eigenvalue weighted by molar-refractivity contribution is 5.78. The highest BCUT2D eigenvalue weighted by Gasteiger charge is 2.40. The number of hydrogen-bond donors (Lipinski definition) is 2. The van der Waals surface area contributed by atoms with E-state index in [1.165, 1.54) is 0 Å². The van der Waals surface area contributed by atoms with Crippen molar-refractivity contribution in [2.75, 3.05) is 39.5 Å². The standard InChI is InChI=1S/C12H20N2O5/c1-8-4-13(5-10(8)11(16)17)12(18)14-2-3-19-7-9(14)6-15/h8-10,15H,2-7H2,1H3,(H,16,17). The van der Waals surface area contributed by atoms with Gasteiger partial charge in [-0.1, -0.05) is 6.92 Å². The molecule has 0 aromatic rings. The van der Waals surface area contributed by atoms with Crippen LogP contribution in [0.15, 0.2) is 0 Å². The van der Waals surface area contributed by atoms with Crippen LogP contribution in [-0.2, 0) is 9.53 Å². The van der Waals surface area contributed by atoms with E-state index in [1.807, 2.05) is 6.92 Å². The molecular weight excluding hydrogens is 252 g/mol. The fraction of sp³-hybridized carbons (Fsp3) is 0.833. The van der Waals surface area contributed by atoms with Crippen molar-refractivity contribution in [1.82, 2.24) is 9.80 Å². The van der Waals surface area contributed by atoms with Crippen molar-refractivity contribution in [1.29, 1.82) is 0 Å². The fourth-order valence-corrected chi connectivity index (χ4v) is 2.68. The Morgan fingerprint density at radius 1 is 1.37 bits per heavy atom. The van der Waals surface area contributed by atoms with E-state index in [2.05, 4.69) is 0 Å². The molecule has 2 aliphatic heterocycles. The van der Waals surface area contributed by atoms with Crippen molar-refractivity contribution in [2.24, 2.45) is 11.8 Å². The number of carbonyl (C=O) groups excluding carboxylic acids is 1. The highest BCUT2D eigenvalue weighted by Crippen LogP contribution is 2.25. The number of urea groups is 1. The lowest BCUT2D eigenvalue weighted by molar-refractivity contribution is -0.142. The summed E-state index contributed by atoms with van der Waals surface area (Å²) in [4.78, 5) is 26.6. The number of likely N-dealkylation sites (tertiary alicyclic amines) is 1. The largest absolute Gasteiger partial charge is 0.481 e. The van der Waals surface area contributed by atoms with Crippen LogP contribution in [0.5, 0.6) is 0 Å². The van der Waals surface area contributed by atoms with Gasteiger partial charge in [-0.15, -0.1) is 0 Å². The number of aliphatic hydroxyl groups excluding tert-OH is 1. The van der Waals surface area contributed by atoms with E-state index < -0.39 is 11.9 Å². The van der Waals surface area contributed by atoms with Gasteiger partial charge < -0.3 is 24.7 Å². The lowest BCUT2D eigenvalue weighted by Gasteiger charge is -2.37. The average molecular weight is 272 g/mol. The molecule has 7 nitrogen and oxygen atoms in total. The van der Waals surface area contributed by atoms with Gasteiger partial charge in [0.25, 0.3) is 0 Å². The monoisotopic (exact) mass is 272 g/mol. The van der Waals surface area contributed by atoms with Crippen LogP contribution in [-0.4, -0.2) is 77.5 Å². The van der Waals surface area contributed by atoms with Crippen molar-refractivity contribution >= 4 is 12.0 Å². The van der Waals surface area contributed by atoms with Gasteiger partial charge in [-0.2, -0.15) is 0 Å². The number of morpholine rings is 1. The van der Waals surface area contributed by atoms with Gasteiger partial charge in [-0.05, 0) is 5.92 Å². The molecule has 2 aliphatic rings. The number of ether oxygens (including phenoxy) is 1. The second-order valence-electron chi connectivity index (χ2n) is 5.21. The predicted octanol–water partition coefficient (Wildman–Crippen LogP) is -0.548. The smallest absolute Gasteiger partial charge is 0.320 e. The van der Waals surface area contributed by atoms with E-state index >= 15 is 0 Å². The SMILES string of the molecule is CC1CN(C(=O)N2CCOCC2CO)CC1C(=O)O. The summed E-state index contributed by atoms with van der Waals surface area (Å²) in [6.45, 7) is 3.61. The minimum atomic E-state index is -0.858. The summed E-state index contributed by atoms with van der Waals surface area (Å²) in [6.07, 6.45) is 0. The molecule has 0 bridgehead atoms. The van der Waals surface area contributed by atoms with E-state index in [0.717, 1.165) is 0 Å². The molecule has 0 radical (unpaired) electrons. The molecule has 3 unspecified atom stereocenters. The molecule has 2 amide bonds. The topological polar surface area (TPSA) is 90.3 Å². The Bertz CT molecular complexity index is 362. The molecule has 19 heavy (non-hydrogen) atoms. The quantitative estimate of drug-likeness (QED) is 0.704. The Morgan fingerprint density at radius 3 is 2.68 bits per heavy atom. The zero-order valence-electron chi connectivity index (χ0n) is 11.0. The van der Waals surface area contributed by atoms with Gasteiger partial charge in [0.1, 0.15) is 0 Å². The molecule has 0 spiro atoms. The Kier molecular flexibility index (Phi) is 4.26. The van der Waals surface area contributed by atoms with E-state index in [-0.39, 0.29) is 31.1 Å². The molecule has 0 aromatic carbocycles. The average Bonchev–Trinajstić information content (AvgIpc) is 2.80. The molecule has 2 fully saturated rings. The first-order valence-corrected chi connectivity index (χ1v) is 6.51. The summed E-state index contributed by atoms with van der Waals surface area (Å²) < 4.78 is 5.23.